The molecule has 6 nitrogen and oxygen atoms in total. The van der Waals surface area contributed by atoms with Gasteiger partial charge in [-0.1, -0.05) is 0 Å². The number of nitrogens with zero attached hydrogens (tertiary/aromatic N) is 3. The van der Waals surface area contributed by atoms with Crippen molar-refractivity contribution in [2.24, 2.45) is 5.73 Å². The zero-order chi connectivity index (χ0) is 13.1. The Kier molecular flexibility index (Phi) is 5.33. The second-order valence-corrected chi connectivity index (χ2v) is 6.69. The SMILES string of the molecule is CC1CN(S(=O)(=O)N(C)CCCN)CCN1C. The molecule has 1 unspecified atom stereocenters. The van der Waals surface area contributed by atoms with Crippen molar-refractivity contribution < 1.29 is 8.42 Å². The van der Waals surface area contributed by atoms with E-state index in [9.17, 15) is 8.42 Å². The molecule has 0 aliphatic carbocycles. The van der Waals surface area contributed by atoms with Gasteiger partial charge in [0.15, 0.2) is 0 Å². The molecule has 0 aromatic heterocycles. The lowest BCUT2D eigenvalue weighted by atomic mass is 10.2. The molecule has 0 radical (unpaired) electrons. The first-order chi connectivity index (χ1) is 7.89. The van der Waals surface area contributed by atoms with E-state index in [-0.39, 0.29) is 6.04 Å². The van der Waals surface area contributed by atoms with Gasteiger partial charge in [-0.2, -0.15) is 17.0 Å². The predicted octanol–water partition coefficient (Wildman–Crippen LogP) is -0.852. The van der Waals surface area contributed by atoms with E-state index in [1.54, 1.807) is 11.4 Å². The Morgan fingerprint density at radius 3 is 2.59 bits per heavy atom. The number of hydrogen-bond donors (Lipinski definition) is 1. The highest BCUT2D eigenvalue weighted by atomic mass is 32.2. The molecule has 1 heterocycles. The van der Waals surface area contributed by atoms with Gasteiger partial charge in [0, 0.05) is 39.3 Å². The molecule has 0 bridgehead atoms. The van der Waals surface area contributed by atoms with E-state index in [4.69, 9.17) is 5.73 Å². The summed E-state index contributed by atoms with van der Waals surface area (Å²) in [4.78, 5) is 2.17. The fourth-order valence-electron chi connectivity index (χ4n) is 1.85. The first kappa shape index (κ1) is 14.8. The highest BCUT2D eigenvalue weighted by Gasteiger charge is 2.31. The van der Waals surface area contributed by atoms with Crippen LogP contribution in [0.1, 0.15) is 13.3 Å². The summed E-state index contributed by atoms with van der Waals surface area (Å²) in [7, 11) is 0.333. The summed E-state index contributed by atoms with van der Waals surface area (Å²) in [5.41, 5.74) is 5.40. The summed E-state index contributed by atoms with van der Waals surface area (Å²) >= 11 is 0. The van der Waals surface area contributed by atoms with Crippen molar-refractivity contribution >= 4 is 10.2 Å². The third kappa shape index (κ3) is 3.62. The average molecular weight is 264 g/mol. The zero-order valence-corrected chi connectivity index (χ0v) is 11.8. The van der Waals surface area contributed by atoms with E-state index in [1.165, 1.54) is 4.31 Å². The lowest BCUT2D eigenvalue weighted by Gasteiger charge is -2.38. The monoisotopic (exact) mass is 264 g/mol. The molecule has 0 aromatic carbocycles. The van der Waals surface area contributed by atoms with E-state index in [2.05, 4.69) is 4.90 Å². The second kappa shape index (κ2) is 6.10. The van der Waals surface area contributed by atoms with Crippen LogP contribution in [0.5, 0.6) is 0 Å². The minimum Gasteiger partial charge on any atom is -0.330 e. The smallest absolute Gasteiger partial charge is 0.281 e. The molecule has 102 valence electrons. The minimum absolute atomic E-state index is 0.265. The summed E-state index contributed by atoms with van der Waals surface area (Å²) in [6.07, 6.45) is 0.693. The zero-order valence-electron chi connectivity index (χ0n) is 11.0. The number of rotatable bonds is 5. The Bertz CT molecular complexity index is 333. The number of hydrogen-bond acceptors (Lipinski definition) is 4. The van der Waals surface area contributed by atoms with Gasteiger partial charge in [-0.15, -0.1) is 0 Å². The molecular formula is C10H24N4O2S. The van der Waals surface area contributed by atoms with Gasteiger partial charge in [0.25, 0.3) is 10.2 Å². The quantitative estimate of drug-likeness (QED) is 0.702. The topological polar surface area (TPSA) is 69.9 Å². The van der Waals surface area contributed by atoms with Crippen LogP contribution < -0.4 is 5.73 Å². The maximum atomic E-state index is 12.2. The van der Waals surface area contributed by atoms with Crippen molar-refractivity contribution in [2.45, 2.75) is 19.4 Å². The summed E-state index contributed by atoms with van der Waals surface area (Å²) in [6.45, 7) is 4.95. The highest BCUT2D eigenvalue weighted by molar-refractivity contribution is 7.86. The van der Waals surface area contributed by atoms with E-state index in [0.29, 0.717) is 32.6 Å². The highest BCUT2D eigenvalue weighted by Crippen LogP contribution is 2.14. The first-order valence-corrected chi connectivity index (χ1v) is 7.41. The summed E-state index contributed by atoms with van der Waals surface area (Å²) in [6, 6.07) is 0.265. The molecule has 0 saturated carbocycles. The predicted molar refractivity (Wildman–Crippen MR) is 68.9 cm³/mol. The molecule has 7 heteroatoms. The van der Waals surface area contributed by atoms with Gasteiger partial charge in [0.05, 0.1) is 0 Å². The van der Waals surface area contributed by atoms with Crippen LogP contribution in [-0.4, -0.2) is 74.8 Å². The van der Waals surface area contributed by atoms with E-state index in [1.807, 2.05) is 14.0 Å². The third-order valence-electron chi connectivity index (χ3n) is 3.32. The molecule has 1 fully saturated rings. The van der Waals surface area contributed by atoms with Crippen molar-refractivity contribution in [1.82, 2.24) is 13.5 Å². The first-order valence-electron chi connectivity index (χ1n) is 6.01. The number of nitrogens with two attached hydrogens (primary N) is 1. The summed E-state index contributed by atoms with van der Waals surface area (Å²) < 4.78 is 27.4. The van der Waals surface area contributed by atoms with Crippen LogP contribution in [0.15, 0.2) is 0 Å². The van der Waals surface area contributed by atoms with Crippen LogP contribution in [0, 0.1) is 0 Å². The van der Waals surface area contributed by atoms with Crippen LogP contribution in [0.25, 0.3) is 0 Å². The van der Waals surface area contributed by atoms with Crippen LogP contribution in [-0.2, 0) is 10.2 Å². The summed E-state index contributed by atoms with van der Waals surface area (Å²) in [5, 5.41) is 0. The van der Waals surface area contributed by atoms with Gasteiger partial charge in [-0.25, -0.2) is 0 Å². The van der Waals surface area contributed by atoms with E-state index in [0.717, 1.165) is 6.54 Å². The molecule has 1 saturated heterocycles. The average Bonchev–Trinajstić information content (AvgIpc) is 2.29. The van der Waals surface area contributed by atoms with Crippen molar-refractivity contribution in [3.8, 4) is 0 Å². The van der Waals surface area contributed by atoms with E-state index < -0.39 is 10.2 Å². The van der Waals surface area contributed by atoms with E-state index >= 15 is 0 Å². The van der Waals surface area contributed by atoms with Crippen LogP contribution in [0.4, 0.5) is 0 Å². The molecule has 17 heavy (non-hydrogen) atoms. The Labute approximate surface area is 105 Å². The van der Waals surface area contributed by atoms with Gasteiger partial charge in [-0.3, -0.25) is 0 Å². The standard InChI is InChI=1S/C10H24N4O2S/c1-10-9-14(8-7-12(10)2)17(15,16)13(3)6-4-5-11/h10H,4-9,11H2,1-3H3. The molecule has 1 rings (SSSR count). The van der Waals surface area contributed by atoms with Gasteiger partial charge >= 0.3 is 0 Å². The van der Waals surface area contributed by atoms with Gasteiger partial charge in [-0.05, 0) is 26.9 Å². The molecule has 1 atom stereocenters. The molecule has 1 aliphatic heterocycles. The number of piperazine rings is 1. The normalized spacial score (nSPS) is 24.4. The molecule has 2 N–H and O–H groups in total. The summed E-state index contributed by atoms with van der Waals surface area (Å²) in [5.74, 6) is 0. The lowest BCUT2D eigenvalue weighted by molar-refractivity contribution is 0.154. The lowest BCUT2D eigenvalue weighted by Crippen LogP contribution is -2.55. The molecule has 0 aromatic rings. The van der Waals surface area contributed by atoms with Crippen LogP contribution in [0.2, 0.25) is 0 Å². The fourth-order valence-corrected chi connectivity index (χ4v) is 3.32. The largest absolute Gasteiger partial charge is 0.330 e. The molecular weight excluding hydrogens is 240 g/mol. The maximum absolute atomic E-state index is 12.2. The van der Waals surface area contributed by atoms with Crippen LogP contribution in [0.3, 0.4) is 0 Å². The Morgan fingerprint density at radius 2 is 2.06 bits per heavy atom. The second-order valence-electron chi connectivity index (χ2n) is 4.66. The Hall–Kier alpha value is -0.210. The van der Waals surface area contributed by atoms with Gasteiger partial charge in [0.2, 0.25) is 0 Å². The van der Waals surface area contributed by atoms with Gasteiger partial charge in [0.1, 0.15) is 0 Å². The van der Waals surface area contributed by atoms with Gasteiger partial charge < -0.3 is 10.6 Å². The Morgan fingerprint density at radius 1 is 1.41 bits per heavy atom. The van der Waals surface area contributed by atoms with Crippen LogP contribution >= 0.6 is 0 Å². The maximum Gasteiger partial charge on any atom is 0.281 e. The van der Waals surface area contributed by atoms with Crippen molar-refractivity contribution in [1.29, 1.82) is 0 Å². The van der Waals surface area contributed by atoms with Crippen molar-refractivity contribution in [2.75, 3.05) is 46.8 Å². The fraction of sp³-hybridized carbons (Fsp3) is 1.00. The third-order valence-corrected chi connectivity index (χ3v) is 5.27. The minimum atomic E-state index is -3.31. The van der Waals surface area contributed by atoms with Crippen molar-refractivity contribution in [3.63, 3.8) is 0 Å². The molecule has 0 spiro atoms. The molecule has 1 aliphatic rings. The van der Waals surface area contributed by atoms with Crippen molar-refractivity contribution in [3.05, 3.63) is 0 Å². The Balaban J connectivity index is 2.64. The number of likely N-dealkylation sites (N-methyl/N-ethyl adjacent to an activating group) is 1. The molecule has 0 amide bonds.